The van der Waals surface area contributed by atoms with E-state index >= 15 is 0 Å². The van der Waals surface area contributed by atoms with Gasteiger partial charge in [0, 0.05) is 84.1 Å². The SMILES string of the molecule is [2H]c1c([2H])c([2H])c2c(c1[2H])c1c([2H])c([2H])c([2H])c([2H])c1n2-c1cc2c3c(c1)N(c1c(-c4ccccc4)cc(C(C)(C)C)cc1-c1ccccc1)c1ccccc1B3c1cc3c(cc1N2c1ccc(C(C)(C)C)cc1-c1ccccc1)N(c1ccc(C(C)(C)C)cc1-c1ccccc1)c1cc(-c2cccc4c2C2(c5ccccc5-c5ccccc52)c2ccccc2-4)cc2c1B3c1ccccc1N2c1ccc(C(C)(C)C)cc1-c1ccccc1. The third kappa shape index (κ3) is 13.1. The van der Waals surface area contributed by atoms with Crippen molar-refractivity contribution in [2.45, 2.75) is 110 Å². The van der Waals surface area contributed by atoms with Gasteiger partial charge in [0.2, 0.25) is 0 Å². The smallest absolute Gasteiger partial charge is 0.252 e. The van der Waals surface area contributed by atoms with Crippen LogP contribution in [0.5, 0.6) is 0 Å². The fourth-order valence-corrected chi connectivity index (χ4v) is 24.9. The summed E-state index contributed by atoms with van der Waals surface area (Å²) >= 11 is 0. The minimum Gasteiger partial charge on any atom is -0.311 e. The van der Waals surface area contributed by atoms with Crippen molar-refractivity contribution < 1.29 is 11.0 Å². The minimum absolute atomic E-state index is 0.00703. The molecule has 5 nitrogen and oxygen atoms in total. The number of aromatic nitrogens is 1. The Morgan fingerprint density at radius 3 is 0.951 bits per heavy atom. The summed E-state index contributed by atoms with van der Waals surface area (Å²) in [6.07, 6.45) is 0. The lowest BCUT2D eigenvalue weighted by molar-refractivity contribution is 0.590. The van der Waals surface area contributed by atoms with Crippen LogP contribution in [0.25, 0.3) is 117 Å². The second-order valence-corrected chi connectivity index (χ2v) is 44.0. The normalized spacial score (nSPS) is 14.6. The Hall–Kier alpha value is -16.5. The van der Waals surface area contributed by atoms with E-state index in [2.05, 4.69) is 497 Å². The summed E-state index contributed by atoms with van der Waals surface area (Å²) in [4.78, 5) is 10.3. The lowest BCUT2D eigenvalue weighted by Crippen LogP contribution is -2.65. The average molecular weight is 1860 g/mol. The van der Waals surface area contributed by atoms with Gasteiger partial charge in [-0.25, -0.2) is 0 Å². The molecular formula is C137H109B2N5. The van der Waals surface area contributed by atoms with Gasteiger partial charge >= 0.3 is 0 Å². The summed E-state index contributed by atoms with van der Waals surface area (Å²) in [6.45, 7) is 26.4. The summed E-state index contributed by atoms with van der Waals surface area (Å²) < 4.78 is 81.8. The summed E-state index contributed by atoms with van der Waals surface area (Å²) in [5, 5.41) is -0.0409. The van der Waals surface area contributed by atoms with Gasteiger partial charge in [-0.3, -0.25) is 0 Å². The lowest BCUT2D eigenvalue weighted by Gasteiger charge is -2.48. The molecule has 144 heavy (non-hydrogen) atoms. The van der Waals surface area contributed by atoms with Crippen LogP contribution in [0.2, 0.25) is 0 Å². The molecule has 21 aromatic rings. The quantitative estimate of drug-likeness (QED) is 0.120. The predicted octanol–water partition coefficient (Wildman–Crippen LogP) is 32.5. The van der Waals surface area contributed by atoms with Crippen LogP contribution in [0, 0.1) is 0 Å². The predicted molar refractivity (Wildman–Crippen MR) is 613 cm³/mol. The maximum atomic E-state index is 10.5. The van der Waals surface area contributed by atoms with E-state index in [4.69, 9.17) is 0 Å². The third-order valence-electron chi connectivity index (χ3n) is 31.6. The largest absolute Gasteiger partial charge is 0.311 e. The fraction of sp³-hybridized carbons (Fsp3) is 0.124. The van der Waals surface area contributed by atoms with Crippen LogP contribution in [0.3, 0.4) is 0 Å². The van der Waals surface area contributed by atoms with Gasteiger partial charge in [0.25, 0.3) is 13.4 Å². The molecule has 0 atom stereocenters. The van der Waals surface area contributed by atoms with Crippen molar-refractivity contribution in [2.75, 3.05) is 19.6 Å². The third-order valence-corrected chi connectivity index (χ3v) is 31.6. The number of benzene rings is 20. The molecule has 0 radical (unpaired) electrons. The molecule has 20 aromatic carbocycles. The van der Waals surface area contributed by atoms with E-state index in [0.29, 0.717) is 5.69 Å². The number of hydrogen-bond acceptors (Lipinski definition) is 4. The van der Waals surface area contributed by atoms with Gasteiger partial charge < -0.3 is 24.2 Å². The molecule has 4 aliphatic heterocycles. The second kappa shape index (κ2) is 32.3. The maximum absolute atomic E-state index is 10.5. The second-order valence-electron chi connectivity index (χ2n) is 44.0. The Kier molecular flexibility index (Phi) is 17.5. The number of fused-ring (bicyclic) bond motifs is 21. The Labute approximate surface area is 857 Å². The van der Waals surface area contributed by atoms with Crippen molar-refractivity contribution >= 4 is 136 Å². The van der Waals surface area contributed by atoms with E-state index in [1.54, 1.807) is 4.57 Å². The first-order chi connectivity index (χ1) is 73.3. The molecule has 0 saturated carbocycles. The molecule has 0 fully saturated rings. The Morgan fingerprint density at radius 1 is 0.222 bits per heavy atom. The minimum atomic E-state index is -0.769. The maximum Gasteiger partial charge on any atom is 0.252 e. The topological polar surface area (TPSA) is 17.9 Å². The zero-order chi connectivity index (χ0) is 104. The molecule has 6 aliphatic rings. The van der Waals surface area contributed by atoms with Crippen molar-refractivity contribution in [3.63, 3.8) is 0 Å². The van der Waals surface area contributed by atoms with E-state index in [1.807, 2.05) is 0 Å². The number of rotatable bonds is 11. The van der Waals surface area contributed by atoms with E-state index in [-0.39, 0.29) is 43.5 Å². The van der Waals surface area contributed by atoms with Crippen LogP contribution >= 0.6 is 0 Å². The van der Waals surface area contributed by atoms with Crippen molar-refractivity contribution in [3.05, 3.63) is 487 Å². The molecule has 1 spiro atoms. The van der Waals surface area contributed by atoms with Gasteiger partial charge in [-0.1, -0.05) is 423 Å². The van der Waals surface area contributed by atoms with Crippen molar-refractivity contribution in [3.8, 4) is 94.7 Å². The first kappa shape index (κ1) is 78.3. The van der Waals surface area contributed by atoms with Gasteiger partial charge in [0.1, 0.15) is 0 Å². The molecule has 7 heteroatoms. The number of para-hydroxylation sites is 4. The van der Waals surface area contributed by atoms with Crippen LogP contribution in [-0.2, 0) is 27.1 Å². The molecule has 0 saturated heterocycles. The summed E-state index contributed by atoms with van der Waals surface area (Å²) in [5.41, 5.74) is 42.1. The molecule has 688 valence electrons. The summed E-state index contributed by atoms with van der Waals surface area (Å²) in [5.74, 6) is 0. The Bertz CT molecular complexity index is 9220. The van der Waals surface area contributed by atoms with Crippen LogP contribution in [0.1, 0.15) is 139 Å². The zero-order valence-corrected chi connectivity index (χ0v) is 82.9. The van der Waals surface area contributed by atoms with Crippen molar-refractivity contribution in [1.82, 2.24) is 4.57 Å². The van der Waals surface area contributed by atoms with Crippen LogP contribution in [0.4, 0.5) is 68.2 Å². The number of hydrogen-bond donors (Lipinski definition) is 0. The fourth-order valence-electron chi connectivity index (χ4n) is 24.9. The van der Waals surface area contributed by atoms with Crippen LogP contribution in [-0.4, -0.2) is 18.0 Å². The van der Waals surface area contributed by atoms with Gasteiger partial charge in [-0.15, -0.1) is 0 Å². The van der Waals surface area contributed by atoms with Crippen molar-refractivity contribution in [1.29, 1.82) is 0 Å². The Morgan fingerprint density at radius 2 is 0.542 bits per heavy atom. The summed E-state index contributed by atoms with van der Waals surface area (Å²) in [7, 11) is 0. The molecule has 0 bridgehead atoms. The standard InChI is InChI=1S/C137H109B2N5/c1-133(2,3)92-69-72-118(104(77-92)86-43-18-13-19-44-86)141-121-67-40-36-63-112(121)138-114-84-115-124(85-123(114)142(119-73-70-93(134(4,5)6)78-105(119)87-45-20-14-21-46-87)126-76-91(75-125(141)130(126)138)97-58-42-59-103-100-55-30-35-62-111(100)137(129(97)103)109-60-33-28-53-98(109)99-54-29-34-61-110(99)137)143(120-74-71-94(135(7,8)9)79-106(120)88-47-22-15-23-48-88)127-82-96(140-116-65-38-31-56-101(116)102-57-32-39-66-117(102)140)83-128-131(127)139(115)113-64-37-41-68-122(113)144(128)132-107(89-49-24-16-25-50-89)80-95(136(10,11)12)81-108(132)90-51-26-17-27-52-90/h13-85H,1-12H3/i31D,32D,38D,39D,56D,57D,65D,66D. The molecular weight excluding hydrogens is 1740 g/mol. The van der Waals surface area contributed by atoms with E-state index in [0.717, 1.165) is 179 Å². The van der Waals surface area contributed by atoms with E-state index in [9.17, 15) is 11.0 Å². The van der Waals surface area contributed by atoms with Gasteiger partial charge in [0.05, 0.1) is 55.9 Å². The zero-order valence-electron chi connectivity index (χ0n) is 90.9. The first-order valence-electron chi connectivity index (χ1n) is 54.6. The van der Waals surface area contributed by atoms with E-state index < -0.39 is 67.2 Å². The molecule has 0 unspecified atom stereocenters. The molecule has 0 amide bonds. The first-order valence-corrected chi connectivity index (χ1v) is 50.6. The van der Waals surface area contributed by atoms with Crippen molar-refractivity contribution in [2.24, 2.45) is 0 Å². The molecule has 27 rings (SSSR count). The highest BCUT2D eigenvalue weighted by molar-refractivity contribution is 7.03. The van der Waals surface area contributed by atoms with E-state index in [1.165, 1.54) is 55.6 Å². The lowest BCUT2D eigenvalue weighted by atomic mass is 9.30. The number of nitrogens with zero attached hydrogens (tertiary/aromatic N) is 5. The molecule has 0 N–H and O–H groups in total. The van der Waals surface area contributed by atoms with Crippen LogP contribution in [0.15, 0.2) is 443 Å². The highest BCUT2D eigenvalue weighted by Crippen LogP contribution is 2.66. The molecule has 2 aliphatic carbocycles. The molecule has 1 aromatic heterocycles. The number of anilines is 12. The highest BCUT2D eigenvalue weighted by Gasteiger charge is 2.55. The monoisotopic (exact) mass is 1850 g/mol. The summed E-state index contributed by atoms with van der Waals surface area (Å²) in [6, 6.07) is 144. The van der Waals surface area contributed by atoms with Gasteiger partial charge in [0.15, 0.2) is 0 Å². The molecule has 5 heterocycles. The highest BCUT2D eigenvalue weighted by atomic mass is 15.2. The van der Waals surface area contributed by atoms with Gasteiger partial charge in [-0.2, -0.15) is 0 Å². The van der Waals surface area contributed by atoms with Crippen LogP contribution < -0.4 is 52.4 Å². The van der Waals surface area contributed by atoms with Gasteiger partial charge in [-0.05, 0) is 263 Å². The average Bonchev–Trinajstić information content (AvgIpc) is 1.65. The Balaban J connectivity index is 0.848.